The number of Topliss-reactive ketones (excluding diaryl/α,β-unsaturated/α-hetero) is 1. The number of esters is 1. The van der Waals surface area contributed by atoms with E-state index < -0.39 is 64.9 Å². The van der Waals surface area contributed by atoms with E-state index in [1.54, 1.807) is 41.5 Å². The van der Waals surface area contributed by atoms with E-state index in [-0.39, 0.29) is 31.8 Å². The van der Waals surface area contributed by atoms with Crippen LogP contribution in [0.2, 0.25) is 0 Å². The predicted molar refractivity (Wildman–Crippen MR) is 170 cm³/mol. The molecule has 252 valence electrons. The number of ether oxygens (including phenoxy) is 2. The van der Waals surface area contributed by atoms with Crippen LogP contribution in [-0.4, -0.2) is 82.9 Å². The molecule has 4 amide bonds. The lowest BCUT2D eigenvalue weighted by Gasteiger charge is -2.32. The van der Waals surface area contributed by atoms with Crippen LogP contribution in [-0.2, 0) is 46.3 Å². The molecule has 3 N–H and O–H groups in total. The summed E-state index contributed by atoms with van der Waals surface area (Å²) in [6.07, 6.45) is 2.58. The minimum absolute atomic E-state index is 0.0200. The van der Waals surface area contributed by atoms with Gasteiger partial charge in [0.05, 0.1) is 6.42 Å². The zero-order valence-electron chi connectivity index (χ0n) is 27.8. The quantitative estimate of drug-likeness (QED) is 0.179. The standard InChI is InChI=1S/C34H48N4O8/c1-8-12-24(28(40)30(42)35-17-16-26(39)45-33(2,3)4)36-29(41)25-15-11-18-38(25)31(43)27(37-32(44)46-34(5,6)7)23-19-21-13-9-10-14-22(21)20-23/h8-10,13-14,23-25,27H,1,11-12,15-20H2,2-7H3,(H,35,42)(H,36,41)(H,37,44)/t24?,25-,27-/m0/s1. The van der Waals surface area contributed by atoms with E-state index in [1.807, 2.05) is 24.3 Å². The van der Waals surface area contributed by atoms with Crippen molar-refractivity contribution in [1.29, 1.82) is 0 Å². The Labute approximate surface area is 271 Å². The third-order valence-corrected chi connectivity index (χ3v) is 7.62. The number of hydrogen-bond donors (Lipinski definition) is 3. The number of benzene rings is 1. The Morgan fingerprint density at radius 2 is 1.57 bits per heavy atom. The molecular formula is C34H48N4O8. The Morgan fingerprint density at radius 1 is 0.957 bits per heavy atom. The van der Waals surface area contributed by atoms with Crippen molar-refractivity contribution in [2.75, 3.05) is 13.1 Å². The highest BCUT2D eigenvalue weighted by molar-refractivity contribution is 6.38. The first-order valence-electron chi connectivity index (χ1n) is 15.8. The second kappa shape index (κ2) is 15.4. The van der Waals surface area contributed by atoms with E-state index in [0.717, 1.165) is 11.1 Å². The van der Waals surface area contributed by atoms with Crippen molar-refractivity contribution < 1.29 is 38.2 Å². The number of hydrogen-bond acceptors (Lipinski definition) is 8. The van der Waals surface area contributed by atoms with E-state index in [0.29, 0.717) is 25.7 Å². The van der Waals surface area contributed by atoms with E-state index in [4.69, 9.17) is 9.47 Å². The average Bonchev–Trinajstić information content (AvgIpc) is 3.60. The van der Waals surface area contributed by atoms with Crippen molar-refractivity contribution in [3.05, 3.63) is 48.0 Å². The molecule has 0 spiro atoms. The molecule has 1 fully saturated rings. The molecule has 1 aliphatic heterocycles. The summed E-state index contributed by atoms with van der Waals surface area (Å²) in [5.41, 5.74) is 0.741. The van der Waals surface area contributed by atoms with Crippen LogP contribution < -0.4 is 16.0 Å². The first-order chi connectivity index (χ1) is 21.5. The molecule has 3 atom stereocenters. The van der Waals surface area contributed by atoms with Crippen LogP contribution in [0, 0.1) is 5.92 Å². The molecule has 1 saturated heterocycles. The normalized spacial score (nSPS) is 17.7. The molecule has 0 saturated carbocycles. The summed E-state index contributed by atoms with van der Waals surface area (Å²) in [5, 5.41) is 7.82. The number of rotatable bonds is 12. The Hall–Kier alpha value is -4.22. The SMILES string of the molecule is C=CCC(NC(=O)[C@@H]1CCCN1C(=O)[C@@H](NC(=O)OC(C)(C)C)C1Cc2ccccc2C1)C(=O)C(=O)NCCC(=O)OC(C)(C)C. The van der Waals surface area contributed by atoms with Crippen molar-refractivity contribution in [1.82, 2.24) is 20.9 Å². The van der Waals surface area contributed by atoms with Gasteiger partial charge in [-0.15, -0.1) is 6.58 Å². The number of nitrogens with zero attached hydrogens (tertiary/aromatic N) is 1. The van der Waals surface area contributed by atoms with Crippen LogP contribution in [0.1, 0.15) is 78.4 Å². The molecular weight excluding hydrogens is 592 g/mol. The maximum atomic E-state index is 14.1. The number of likely N-dealkylation sites (tertiary alicyclic amines) is 1. The van der Waals surface area contributed by atoms with Crippen molar-refractivity contribution >= 4 is 35.6 Å². The van der Waals surface area contributed by atoms with Crippen molar-refractivity contribution in [3.8, 4) is 0 Å². The van der Waals surface area contributed by atoms with Crippen LogP contribution in [0.5, 0.6) is 0 Å². The second-order valence-corrected chi connectivity index (χ2v) is 13.8. The lowest BCUT2D eigenvalue weighted by Crippen LogP contribution is -2.58. The van der Waals surface area contributed by atoms with Gasteiger partial charge < -0.3 is 30.3 Å². The molecule has 0 aromatic heterocycles. The van der Waals surface area contributed by atoms with E-state index in [2.05, 4.69) is 22.5 Å². The number of carbonyl (C=O) groups is 6. The lowest BCUT2D eigenvalue weighted by atomic mass is 9.95. The van der Waals surface area contributed by atoms with Gasteiger partial charge in [0.2, 0.25) is 17.6 Å². The molecule has 0 bridgehead atoms. The van der Waals surface area contributed by atoms with E-state index >= 15 is 0 Å². The van der Waals surface area contributed by atoms with Gasteiger partial charge in [0.15, 0.2) is 0 Å². The molecule has 1 aliphatic carbocycles. The molecule has 1 aromatic rings. The van der Waals surface area contributed by atoms with Crippen LogP contribution in [0.3, 0.4) is 0 Å². The average molecular weight is 641 g/mol. The molecule has 12 heteroatoms. The Balaban J connectivity index is 1.70. The fraction of sp³-hybridized carbons (Fsp3) is 0.588. The van der Waals surface area contributed by atoms with Crippen molar-refractivity contribution in [3.63, 3.8) is 0 Å². The highest BCUT2D eigenvalue weighted by Crippen LogP contribution is 2.31. The summed E-state index contributed by atoms with van der Waals surface area (Å²) >= 11 is 0. The monoisotopic (exact) mass is 640 g/mol. The summed E-state index contributed by atoms with van der Waals surface area (Å²) in [5.74, 6) is -3.63. The van der Waals surface area contributed by atoms with Gasteiger partial charge in [0.1, 0.15) is 29.3 Å². The summed E-state index contributed by atoms with van der Waals surface area (Å²) in [6.45, 7) is 14.2. The van der Waals surface area contributed by atoms with E-state index in [1.165, 1.54) is 11.0 Å². The highest BCUT2D eigenvalue weighted by Gasteiger charge is 2.43. The number of alkyl carbamates (subject to hydrolysis) is 1. The van der Waals surface area contributed by atoms with Gasteiger partial charge in [-0.2, -0.15) is 0 Å². The first-order valence-corrected chi connectivity index (χ1v) is 15.8. The minimum atomic E-state index is -1.22. The Kier molecular flexibility index (Phi) is 12.1. The number of amides is 4. The minimum Gasteiger partial charge on any atom is -0.460 e. The maximum absolute atomic E-state index is 14.1. The van der Waals surface area contributed by atoms with Crippen molar-refractivity contribution in [2.45, 2.75) is 109 Å². The number of carbonyl (C=O) groups excluding carboxylic acids is 6. The van der Waals surface area contributed by atoms with Crippen LogP contribution in [0.15, 0.2) is 36.9 Å². The van der Waals surface area contributed by atoms with Crippen molar-refractivity contribution in [2.24, 2.45) is 5.92 Å². The molecule has 1 unspecified atom stereocenters. The van der Waals surface area contributed by atoms with Crippen LogP contribution >= 0.6 is 0 Å². The van der Waals surface area contributed by atoms with Gasteiger partial charge in [-0.1, -0.05) is 30.3 Å². The summed E-state index contributed by atoms with van der Waals surface area (Å²) in [7, 11) is 0. The second-order valence-electron chi connectivity index (χ2n) is 13.8. The zero-order valence-corrected chi connectivity index (χ0v) is 27.8. The zero-order chi connectivity index (χ0) is 34.2. The number of ketones is 1. The van der Waals surface area contributed by atoms with Gasteiger partial charge in [0.25, 0.3) is 5.91 Å². The Bertz CT molecular complexity index is 1300. The third kappa shape index (κ3) is 10.4. The van der Waals surface area contributed by atoms with Gasteiger partial charge in [-0.3, -0.25) is 24.0 Å². The molecule has 1 heterocycles. The smallest absolute Gasteiger partial charge is 0.408 e. The number of nitrogens with one attached hydrogen (secondary N) is 3. The first kappa shape index (κ1) is 36.3. The third-order valence-electron chi connectivity index (χ3n) is 7.62. The Morgan fingerprint density at radius 3 is 2.13 bits per heavy atom. The summed E-state index contributed by atoms with van der Waals surface area (Å²) in [6, 6.07) is 4.79. The largest absolute Gasteiger partial charge is 0.460 e. The fourth-order valence-corrected chi connectivity index (χ4v) is 5.71. The summed E-state index contributed by atoms with van der Waals surface area (Å²) in [4.78, 5) is 79.5. The van der Waals surface area contributed by atoms with Crippen LogP contribution in [0.25, 0.3) is 0 Å². The van der Waals surface area contributed by atoms with Crippen LogP contribution in [0.4, 0.5) is 4.79 Å². The molecule has 2 aliphatic rings. The lowest BCUT2D eigenvalue weighted by molar-refractivity contribution is -0.154. The van der Waals surface area contributed by atoms with Gasteiger partial charge in [0, 0.05) is 13.1 Å². The van der Waals surface area contributed by atoms with Gasteiger partial charge in [-0.05, 0) is 90.7 Å². The van der Waals surface area contributed by atoms with E-state index in [9.17, 15) is 28.8 Å². The molecule has 46 heavy (non-hydrogen) atoms. The molecule has 1 aromatic carbocycles. The molecule has 0 radical (unpaired) electrons. The summed E-state index contributed by atoms with van der Waals surface area (Å²) < 4.78 is 10.7. The highest BCUT2D eigenvalue weighted by atomic mass is 16.6. The number of fused-ring (bicyclic) bond motifs is 1. The van der Waals surface area contributed by atoms with Gasteiger partial charge >= 0.3 is 12.1 Å². The fourth-order valence-electron chi connectivity index (χ4n) is 5.71. The maximum Gasteiger partial charge on any atom is 0.408 e. The van der Waals surface area contributed by atoms with Gasteiger partial charge in [-0.25, -0.2) is 4.79 Å². The predicted octanol–water partition coefficient (Wildman–Crippen LogP) is 2.76. The molecule has 12 nitrogen and oxygen atoms in total. The molecule has 3 rings (SSSR count). The topological polar surface area (TPSA) is 160 Å².